The first kappa shape index (κ1) is 19.9. The van der Waals surface area contributed by atoms with Crippen LogP contribution in [0.3, 0.4) is 0 Å². The molecule has 2 amide bonds. The summed E-state index contributed by atoms with van der Waals surface area (Å²) in [4.78, 5) is 14.5. The van der Waals surface area contributed by atoms with Gasteiger partial charge in [0.2, 0.25) is 0 Å². The third kappa shape index (κ3) is 3.88. The molecule has 0 fully saturated rings. The molecule has 152 valence electrons. The average Bonchev–Trinajstić information content (AvgIpc) is 2.81. The fraction of sp³-hybridized carbons (Fsp3) is 0.474. The Morgan fingerprint density at radius 2 is 2.07 bits per heavy atom. The van der Waals surface area contributed by atoms with Gasteiger partial charge in [-0.25, -0.2) is 9.48 Å². The number of ether oxygens (including phenoxy) is 2. The number of aromatic nitrogens is 2. The van der Waals surface area contributed by atoms with Crippen LogP contribution in [0.2, 0.25) is 0 Å². The number of amides is 2. The van der Waals surface area contributed by atoms with E-state index in [0.717, 1.165) is 5.56 Å². The van der Waals surface area contributed by atoms with Gasteiger partial charge < -0.3 is 19.7 Å². The average molecular weight is 394 g/mol. The topological polar surface area (TPSA) is 68.6 Å². The maximum atomic E-state index is 13.0. The van der Waals surface area contributed by atoms with E-state index in [-0.39, 0.29) is 5.69 Å². The SMILES string of the molecule is COc1ccc2c(c1)OC(C)(C)CN(C(=O)Nc1c(C)nn(C(F)F)c1C)C2. The van der Waals surface area contributed by atoms with Crippen LogP contribution in [0.15, 0.2) is 18.2 Å². The summed E-state index contributed by atoms with van der Waals surface area (Å²) in [7, 11) is 1.58. The molecule has 0 spiro atoms. The van der Waals surface area contributed by atoms with Gasteiger partial charge >= 0.3 is 12.6 Å². The minimum Gasteiger partial charge on any atom is -0.497 e. The lowest BCUT2D eigenvalue weighted by molar-refractivity contribution is 0.0542. The number of methoxy groups -OCH3 is 1. The number of benzene rings is 1. The number of nitrogens with one attached hydrogen (secondary N) is 1. The van der Waals surface area contributed by atoms with Gasteiger partial charge in [-0.05, 0) is 39.8 Å². The maximum absolute atomic E-state index is 13.0. The van der Waals surface area contributed by atoms with E-state index in [1.165, 1.54) is 6.92 Å². The van der Waals surface area contributed by atoms with Crippen molar-refractivity contribution in [2.24, 2.45) is 0 Å². The zero-order valence-electron chi connectivity index (χ0n) is 16.5. The second-order valence-electron chi connectivity index (χ2n) is 7.39. The van der Waals surface area contributed by atoms with Crippen LogP contribution in [0, 0.1) is 13.8 Å². The first-order chi connectivity index (χ1) is 13.1. The molecule has 2 aromatic rings. The van der Waals surface area contributed by atoms with Gasteiger partial charge in [-0.1, -0.05) is 0 Å². The van der Waals surface area contributed by atoms with Crippen molar-refractivity contribution < 1.29 is 23.0 Å². The standard InChI is InChI=1S/C19H24F2N4O3/c1-11-16(12(2)25(23-11)17(20)21)22-18(26)24-9-13-6-7-14(27-5)8-15(13)28-19(3,4)10-24/h6-8,17H,9-10H2,1-5H3,(H,22,26). The molecule has 1 aliphatic heterocycles. The molecule has 0 radical (unpaired) electrons. The molecule has 0 saturated carbocycles. The molecule has 1 aliphatic rings. The fourth-order valence-corrected chi connectivity index (χ4v) is 3.30. The summed E-state index contributed by atoms with van der Waals surface area (Å²) in [6, 6.07) is 5.04. The van der Waals surface area contributed by atoms with Gasteiger partial charge in [0, 0.05) is 11.6 Å². The Hall–Kier alpha value is -2.84. The Balaban J connectivity index is 1.87. The molecule has 0 bridgehead atoms. The van der Waals surface area contributed by atoms with Crippen molar-refractivity contribution in [1.29, 1.82) is 0 Å². The van der Waals surface area contributed by atoms with E-state index in [4.69, 9.17) is 9.47 Å². The van der Waals surface area contributed by atoms with Crippen molar-refractivity contribution in [3.8, 4) is 11.5 Å². The Morgan fingerprint density at radius 3 is 2.68 bits per heavy atom. The molecule has 9 heteroatoms. The Kier molecular flexibility index (Phi) is 5.18. The third-order valence-electron chi connectivity index (χ3n) is 4.62. The molecule has 0 atom stereocenters. The van der Waals surface area contributed by atoms with Crippen LogP contribution in [-0.2, 0) is 6.54 Å². The molecular formula is C19H24F2N4O3. The second kappa shape index (κ2) is 7.29. The normalized spacial score (nSPS) is 15.6. The molecule has 1 aromatic carbocycles. The predicted molar refractivity (Wildman–Crippen MR) is 100 cm³/mol. The number of rotatable bonds is 3. The lowest BCUT2D eigenvalue weighted by atomic mass is 10.1. The molecule has 2 heterocycles. The van der Waals surface area contributed by atoms with Gasteiger partial charge in [-0.3, -0.25) is 0 Å². The summed E-state index contributed by atoms with van der Waals surface area (Å²) in [5.41, 5.74) is 1.02. The first-order valence-corrected chi connectivity index (χ1v) is 8.87. The van der Waals surface area contributed by atoms with Crippen LogP contribution in [0.25, 0.3) is 0 Å². The highest BCUT2D eigenvalue weighted by atomic mass is 19.3. The van der Waals surface area contributed by atoms with E-state index in [9.17, 15) is 13.6 Å². The minimum atomic E-state index is -2.77. The smallest absolute Gasteiger partial charge is 0.333 e. The van der Waals surface area contributed by atoms with Crippen LogP contribution in [0.5, 0.6) is 11.5 Å². The maximum Gasteiger partial charge on any atom is 0.333 e. The van der Waals surface area contributed by atoms with Gasteiger partial charge in [0.05, 0.1) is 37.3 Å². The highest BCUT2D eigenvalue weighted by Crippen LogP contribution is 2.33. The summed E-state index contributed by atoms with van der Waals surface area (Å²) in [6.45, 7) is 4.71. The molecule has 0 unspecified atom stereocenters. The summed E-state index contributed by atoms with van der Waals surface area (Å²) in [5, 5.41) is 6.54. The third-order valence-corrected chi connectivity index (χ3v) is 4.62. The van der Waals surface area contributed by atoms with Gasteiger partial charge in [0.25, 0.3) is 0 Å². The zero-order chi connectivity index (χ0) is 20.6. The summed E-state index contributed by atoms with van der Waals surface area (Å²) in [6.07, 6.45) is 0. The zero-order valence-corrected chi connectivity index (χ0v) is 16.5. The molecule has 3 rings (SSSR count). The molecule has 7 nitrogen and oxygen atoms in total. The Bertz CT molecular complexity index is 896. The Labute approximate surface area is 162 Å². The van der Waals surface area contributed by atoms with E-state index >= 15 is 0 Å². The minimum absolute atomic E-state index is 0.205. The number of hydrogen-bond acceptors (Lipinski definition) is 4. The number of fused-ring (bicyclic) bond motifs is 1. The summed E-state index contributed by atoms with van der Waals surface area (Å²) in [5.74, 6) is 1.32. The number of halogens is 2. The molecule has 0 saturated heterocycles. The largest absolute Gasteiger partial charge is 0.497 e. The van der Waals surface area contributed by atoms with Gasteiger partial charge in [0.15, 0.2) is 0 Å². The van der Waals surface area contributed by atoms with Gasteiger partial charge in [-0.15, -0.1) is 0 Å². The number of carbonyl (C=O) groups excluding carboxylic acids is 1. The van der Waals surface area contributed by atoms with E-state index in [2.05, 4.69) is 10.4 Å². The summed E-state index contributed by atoms with van der Waals surface area (Å²) >= 11 is 0. The number of carbonyl (C=O) groups is 1. The van der Waals surface area contributed by atoms with Crippen molar-refractivity contribution in [2.45, 2.75) is 46.4 Å². The van der Waals surface area contributed by atoms with E-state index in [1.54, 1.807) is 31.1 Å². The molecule has 0 aliphatic carbocycles. The van der Waals surface area contributed by atoms with Crippen LogP contribution >= 0.6 is 0 Å². The highest BCUT2D eigenvalue weighted by Gasteiger charge is 2.32. The number of hydrogen-bond donors (Lipinski definition) is 1. The summed E-state index contributed by atoms with van der Waals surface area (Å²) < 4.78 is 38.0. The van der Waals surface area contributed by atoms with Gasteiger partial charge in [-0.2, -0.15) is 13.9 Å². The number of nitrogens with zero attached hydrogens (tertiary/aromatic N) is 3. The van der Waals surface area contributed by atoms with E-state index in [0.29, 0.717) is 40.7 Å². The first-order valence-electron chi connectivity index (χ1n) is 8.87. The van der Waals surface area contributed by atoms with Crippen molar-refractivity contribution in [3.05, 3.63) is 35.2 Å². The van der Waals surface area contributed by atoms with Crippen molar-refractivity contribution in [3.63, 3.8) is 0 Å². The highest BCUT2D eigenvalue weighted by molar-refractivity contribution is 5.90. The van der Waals surface area contributed by atoms with E-state index in [1.807, 2.05) is 19.9 Å². The Morgan fingerprint density at radius 1 is 1.36 bits per heavy atom. The second-order valence-corrected chi connectivity index (χ2v) is 7.39. The van der Waals surface area contributed by atoms with Crippen LogP contribution in [0.4, 0.5) is 19.3 Å². The van der Waals surface area contributed by atoms with Crippen molar-refractivity contribution in [2.75, 3.05) is 19.0 Å². The van der Waals surface area contributed by atoms with E-state index < -0.39 is 18.2 Å². The number of urea groups is 1. The number of anilines is 1. The van der Waals surface area contributed by atoms with Crippen molar-refractivity contribution >= 4 is 11.7 Å². The molecular weight excluding hydrogens is 370 g/mol. The van der Waals surface area contributed by atoms with Gasteiger partial charge in [0.1, 0.15) is 17.1 Å². The molecule has 28 heavy (non-hydrogen) atoms. The fourth-order valence-electron chi connectivity index (χ4n) is 3.30. The van der Waals surface area contributed by atoms with Crippen LogP contribution in [-0.4, -0.2) is 40.0 Å². The van der Waals surface area contributed by atoms with Crippen LogP contribution in [0.1, 0.15) is 37.3 Å². The predicted octanol–water partition coefficient (Wildman–Crippen LogP) is 4.11. The lowest BCUT2D eigenvalue weighted by Crippen LogP contribution is -2.44. The number of alkyl halides is 2. The van der Waals surface area contributed by atoms with Crippen molar-refractivity contribution in [1.82, 2.24) is 14.7 Å². The monoisotopic (exact) mass is 394 g/mol. The quantitative estimate of drug-likeness (QED) is 0.851. The molecule has 1 aromatic heterocycles. The van der Waals surface area contributed by atoms with Crippen LogP contribution < -0.4 is 14.8 Å². The number of aryl methyl sites for hydroxylation is 1. The molecule has 1 N–H and O–H groups in total. The lowest BCUT2D eigenvalue weighted by Gasteiger charge is -2.29.